The van der Waals surface area contributed by atoms with Crippen LogP contribution in [0.25, 0.3) is 0 Å². The second-order valence-electron chi connectivity index (χ2n) is 5.28. The van der Waals surface area contributed by atoms with Crippen LogP contribution in [0.15, 0.2) is 18.2 Å². The van der Waals surface area contributed by atoms with Crippen LogP contribution in [-0.2, 0) is 0 Å². The minimum atomic E-state index is -1.31. The fraction of sp³-hybridized carbons (Fsp3) is 0.429. The summed E-state index contributed by atoms with van der Waals surface area (Å²) in [5, 5.41) is 28.2. The molecule has 0 heterocycles. The molecule has 0 saturated carbocycles. The zero-order chi connectivity index (χ0) is 15.9. The molecule has 0 aliphatic carbocycles. The number of rotatable bonds is 4. The molecule has 1 rings (SSSR count). The highest BCUT2D eigenvalue weighted by Gasteiger charge is 2.08. The van der Waals surface area contributed by atoms with Crippen LogP contribution in [0.3, 0.4) is 0 Å². The molecule has 1 aromatic carbocycles. The van der Waals surface area contributed by atoms with Crippen molar-refractivity contribution in [2.24, 2.45) is 0 Å². The number of para-hydroxylation sites is 1. The molecule has 6 heteroatoms. The summed E-state index contributed by atoms with van der Waals surface area (Å²) in [6, 6.07) is 3.87. The number of carboxylic acid groups (broad SMARTS) is 1. The summed E-state index contributed by atoms with van der Waals surface area (Å²) in [7, 11) is 6.16. The van der Waals surface area contributed by atoms with Crippen LogP contribution in [0, 0.1) is 0 Å². The average Bonchev–Trinajstić information content (AvgIpc) is 2.27. The Morgan fingerprint density at radius 3 is 2.00 bits per heavy atom. The fourth-order valence-electron chi connectivity index (χ4n) is 1.28. The number of carboxylic acids is 1. The SMILES string of the molecule is CC(=O)c1cccc(C(=O)O)c1[O-].C[N+](C)(C)CCO. The highest BCUT2D eigenvalue weighted by atomic mass is 16.4. The number of aromatic carboxylic acids is 1. The smallest absolute Gasteiger partial charge is 0.335 e. The van der Waals surface area contributed by atoms with Gasteiger partial charge in [-0.3, -0.25) is 4.79 Å². The van der Waals surface area contributed by atoms with Gasteiger partial charge in [0.05, 0.1) is 33.3 Å². The number of likely N-dealkylation sites (N-methyl/N-ethyl adjacent to an activating group) is 1. The normalized spacial score (nSPS) is 10.4. The highest BCUT2D eigenvalue weighted by Crippen LogP contribution is 2.19. The molecule has 0 aliphatic heterocycles. The van der Waals surface area contributed by atoms with E-state index in [1.165, 1.54) is 25.1 Å². The van der Waals surface area contributed by atoms with Gasteiger partial charge >= 0.3 is 5.97 Å². The Morgan fingerprint density at radius 2 is 1.70 bits per heavy atom. The third kappa shape index (κ3) is 6.31. The van der Waals surface area contributed by atoms with Gasteiger partial charge in [0.1, 0.15) is 6.54 Å². The van der Waals surface area contributed by atoms with Gasteiger partial charge in [0, 0.05) is 5.56 Å². The molecule has 0 saturated heterocycles. The lowest BCUT2D eigenvalue weighted by Crippen LogP contribution is -2.36. The van der Waals surface area contributed by atoms with Gasteiger partial charge in [-0.15, -0.1) is 0 Å². The summed E-state index contributed by atoms with van der Waals surface area (Å²) in [6.07, 6.45) is 0. The zero-order valence-electron chi connectivity index (χ0n) is 12.2. The van der Waals surface area contributed by atoms with Crippen molar-refractivity contribution < 1.29 is 29.4 Å². The predicted molar refractivity (Wildman–Crippen MR) is 72.8 cm³/mol. The van der Waals surface area contributed by atoms with Crippen LogP contribution < -0.4 is 5.11 Å². The minimum absolute atomic E-state index is 0.0834. The van der Waals surface area contributed by atoms with Gasteiger partial charge in [0.15, 0.2) is 5.78 Å². The van der Waals surface area contributed by atoms with E-state index < -0.39 is 17.5 Å². The lowest BCUT2D eigenvalue weighted by molar-refractivity contribution is -0.870. The molecule has 112 valence electrons. The van der Waals surface area contributed by atoms with E-state index in [2.05, 4.69) is 21.1 Å². The van der Waals surface area contributed by atoms with E-state index in [9.17, 15) is 14.7 Å². The highest BCUT2D eigenvalue weighted by molar-refractivity contribution is 6.01. The molecule has 0 amide bonds. The number of benzene rings is 1. The maximum absolute atomic E-state index is 11.3. The number of ketones is 1. The quantitative estimate of drug-likeness (QED) is 0.613. The molecule has 20 heavy (non-hydrogen) atoms. The average molecular weight is 283 g/mol. The first-order valence-electron chi connectivity index (χ1n) is 6.05. The van der Waals surface area contributed by atoms with Crippen LogP contribution in [0.2, 0.25) is 0 Å². The molecule has 0 aromatic heterocycles. The molecular formula is C14H21NO5. The number of quaternary nitrogens is 1. The van der Waals surface area contributed by atoms with E-state index in [0.717, 1.165) is 11.0 Å². The van der Waals surface area contributed by atoms with Crippen LogP contribution in [-0.4, -0.2) is 60.7 Å². The number of aliphatic hydroxyl groups excluding tert-OH is 1. The number of carbonyl (C=O) groups excluding carboxylic acids is 1. The van der Waals surface area contributed by atoms with Gasteiger partial charge in [-0.1, -0.05) is 17.9 Å². The number of carbonyl (C=O) groups is 2. The first kappa shape index (κ1) is 18.1. The van der Waals surface area contributed by atoms with Crippen molar-refractivity contribution in [3.05, 3.63) is 29.3 Å². The summed E-state index contributed by atoms with van der Waals surface area (Å²) in [4.78, 5) is 21.3. The van der Waals surface area contributed by atoms with E-state index in [4.69, 9.17) is 10.2 Å². The van der Waals surface area contributed by atoms with Crippen LogP contribution in [0.1, 0.15) is 27.6 Å². The van der Waals surface area contributed by atoms with E-state index in [1.54, 1.807) is 0 Å². The van der Waals surface area contributed by atoms with E-state index in [1.807, 2.05) is 0 Å². The standard InChI is InChI=1S/C9H8O4.C5H14NO/c1-5(10)6-3-2-4-7(8(6)11)9(12)13;1-6(2,3)4-5-7/h2-4,11H,1H3,(H,12,13);7H,4-5H2,1-3H3/q;+1/p-1. The van der Waals surface area contributed by atoms with Crippen molar-refractivity contribution in [3.63, 3.8) is 0 Å². The fourth-order valence-corrected chi connectivity index (χ4v) is 1.28. The van der Waals surface area contributed by atoms with Crippen LogP contribution in [0.5, 0.6) is 5.75 Å². The van der Waals surface area contributed by atoms with Crippen molar-refractivity contribution in [2.45, 2.75) is 6.92 Å². The molecule has 0 aliphatic rings. The lowest BCUT2D eigenvalue weighted by atomic mass is 10.1. The molecule has 0 bridgehead atoms. The first-order valence-corrected chi connectivity index (χ1v) is 6.05. The van der Waals surface area contributed by atoms with Crippen LogP contribution >= 0.6 is 0 Å². The Kier molecular flexibility index (Phi) is 6.89. The molecule has 0 fully saturated rings. The van der Waals surface area contributed by atoms with Crippen LogP contribution in [0.4, 0.5) is 0 Å². The maximum atomic E-state index is 11.3. The largest absolute Gasteiger partial charge is 0.871 e. The van der Waals surface area contributed by atoms with Gasteiger partial charge in [0.2, 0.25) is 0 Å². The predicted octanol–water partition coefficient (Wildman–Crippen LogP) is 0.346. The number of hydrogen-bond donors (Lipinski definition) is 2. The molecule has 1 aromatic rings. The van der Waals surface area contributed by atoms with Crippen molar-refractivity contribution in [3.8, 4) is 5.75 Å². The summed E-state index contributed by atoms with van der Waals surface area (Å²) < 4.78 is 0.844. The minimum Gasteiger partial charge on any atom is -0.871 e. The van der Waals surface area contributed by atoms with E-state index in [0.29, 0.717) is 0 Å². The zero-order valence-corrected chi connectivity index (χ0v) is 12.2. The van der Waals surface area contributed by atoms with Crippen molar-refractivity contribution in [2.75, 3.05) is 34.3 Å². The topological polar surface area (TPSA) is 97.7 Å². The third-order valence-corrected chi connectivity index (χ3v) is 2.40. The van der Waals surface area contributed by atoms with E-state index >= 15 is 0 Å². The lowest BCUT2D eigenvalue weighted by Gasteiger charge is -2.21. The van der Waals surface area contributed by atoms with Gasteiger partial charge in [-0.2, -0.15) is 0 Å². The molecule has 0 atom stereocenters. The molecule has 6 nitrogen and oxygen atoms in total. The summed E-state index contributed by atoms with van der Waals surface area (Å²) in [5.41, 5.74) is -0.451. The Morgan fingerprint density at radius 1 is 1.20 bits per heavy atom. The molecule has 0 unspecified atom stereocenters. The molecule has 0 spiro atoms. The van der Waals surface area contributed by atoms with Gasteiger partial charge in [0.25, 0.3) is 0 Å². The first-order chi connectivity index (χ1) is 9.10. The Balaban J connectivity index is 0.000000441. The maximum Gasteiger partial charge on any atom is 0.335 e. The Bertz CT molecular complexity index is 445. The monoisotopic (exact) mass is 283 g/mol. The molecule has 2 N–H and O–H groups in total. The van der Waals surface area contributed by atoms with Crippen molar-refractivity contribution >= 4 is 11.8 Å². The second kappa shape index (κ2) is 7.62. The third-order valence-electron chi connectivity index (χ3n) is 2.40. The second-order valence-corrected chi connectivity index (χ2v) is 5.28. The van der Waals surface area contributed by atoms with E-state index in [-0.39, 0.29) is 17.7 Å². The number of Topliss-reactive ketones (excluding diaryl/α,β-unsaturated/α-hetero) is 1. The molecular weight excluding hydrogens is 262 g/mol. The number of nitrogens with zero attached hydrogens (tertiary/aromatic N) is 1. The Labute approximate surface area is 118 Å². The van der Waals surface area contributed by atoms with Gasteiger partial charge < -0.3 is 19.8 Å². The van der Waals surface area contributed by atoms with Gasteiger partial charge in [-0.05, 0) is 13.0 Å². The Hall–Kier alpha value is -1.92. The summed E-state index contributed by atoms with van der Waals surface area (Å²) in [6.45, 7) is 2.34. The van der Waals surface area contributed by atoms with Crippen molar-refractivity contribution in [1.82, 2.24) is 0 Å². The number of aliphatic hydroxyl groups is 1. The number of hydrogen-bond acceptors (Lipinski definition) is 4. The van der Waals surface area contributed by atoms with Gasteiger partial charge in [-0.25, -0.2) is 4.79 Å². The summed E-state index contributed by atoms with van der Waals surface area (Å²) in [5.74, 6) is -2.45. The molecule has 0 radical (unpaired) electrons. The summed E-state index contributed by atoms with van der Waals surface area (Å²) >= 11 is 0. The van der Waals surface area contributed by atoms with Crippen molar-refractivity contribution in [1.29, 1.82) is 0 Å².